The lowest BCUT2D eigenvalue weighted by Crippen LogP contribution is -2.01. The predicted octanol–water partition coefficient (Wildman–Crippen LogP) is 0.612. The van der Waals surface area contributed by atoms with Crippen molar-refractivity contribution in [1.82, 2.24) is 20.0 Å². The van der Waals surface area contributed by atoms with Gasteiger partial charge in [0.25, 0.3) is 0 Å². The summed E-state index contributed by atoms with van der Waals surface area (Å²) in [6, 6.07) is 3.98. The molecule has 0 aliphatic heterocycles. The number of anilines is 1. The molecule has 0 atom stereocenters. The summed E-state index contributed by atoms with van der Waals surface area (Å²) >= 11 is 0. The third kappa shape index (κ3) is 1.87. The molecule has 2 aromatic heterocycles. The first kappa shape index (κ1) is 8.68. The van der Waals surface area contributed by atoms with Crippen LogP contribution in [0.15, 0.2) is 24.5 Å². The Labute approximate surface area is 81.6 Å². The zero-order valence-corrected chi connectivity index (χ0v) is 7.88. The van der Waals surface area contributed by atoms with Crippen LogP contribution in [0.1, 0.15) is 11.3 Å². The first-order chi connectivity index (χ1) is 6.74. The summed E-state index contributed by atoms with van der Waals surface area (Å²) in [7, 11) is 0. The fourth-order valence-electron chi connectivity index (χ4n) is 1.17. The van der Waals surface area contributed by atoms with Crippen molar-refractivity contribution in [1.29, 1.82) is 0 Å². The molecule has 2 rings (SSSR count). The van der Waals surface area contributed by atoms with Gasteiger partial charge in [-0.05, 0) is 18.6 Å². The zero-order valence-electron chi connectivity index (χ0n) is 7.88. The number of rotatable bonds is 2. The van der Waals surface area contributed by atoms with E-state index in [1.807, 2.05) is 25.3 Å². The standard InChI is InChI=1S/C9H11N5/c1-7-2-3-8(4-11-7)5-14-6-9(10)12-13-14/h2-4,6H,5,10H2,1H3. The topological polar surface area (TPSA) is 69.6 Å². The van der Waals surface area contributed by atoms with Gasteiger partial charge in [-0.2, -0.15) is 0 Å². The van der Waals surface area contributed by atoms with Gasteiger partial charge in [-0.1, -0.05) is 11.3 Å². The fourth-order valence-corrected chi connectivity index (χ4v) is 1.17. The minimum Gasteiger partial charge on any atom is -0.381 e. The summed E-state index contributed by atoms with van der Waals surface area (Å²) in [5.74, 6) is 0.435. The fraction of sp³-hybridized carbons (Fsp3) is 0.222. The SMILES string of the molecule is Cc1ccc(Cn2cc(N)nn2)cn1. The van der Waals surface area contributed by atoms with Gasteiger partial charge >= 0.3 is 0 Å². The molecule has 0 fully saturated rings. The lowest BCUT2D eigenvalue weighted by molar-refractivity contribution is 0.648. The predicted molar refractivity (Wildman–Crippen MR) is 52.5 cm³/mol. The number of nitrogens with two attached hydrogens (primary N) is 1. The van der Waals surface area contributed by atoms with E-state index >= 15 is 0 Å². The molecule has 0 saturated heterocycles. The van der Waals surface area contributed by atoms with Gasteiger partial charge < -0.3 is 5.73 Å². The molecular weight excluding hydrogens is 178 g/mol. The highest BCUT2D eigenvalue weighted by atomic mass is 15.4. The average Bonchev–Trinajstić information content (AvgIpc) is 2.56. The van der Waals surface area contributed by atoms with Gasteiger partial charge in [0.1, 0.15) is 0 Å². The minimum atomic E-state index is 0.435. The molecule has 5 nitrogen and oxygen atoms in total. The van der Waals surface area contributed by atoms with E-state index in [9.17, 15) is 0 Å². The molecule has 5 heteroatoms. The van der Waals surface area contributed by atoms with E-state index in [0.717, 1.165) is 11.3 Å². The number of nitrogens with zero attached hydrogens (tertiary/aromatic N) is 4. The van der Waals surface area contributed by atoms with Crippen molar-refractivity contribution in [3.05, 3.63) is 35.8 Å². The molecule has 2 aromatic rings. The zero-order chi connectivity index (χ0) is 9.97. The summed E-state index contributed by atoms with van der Waals surface area (Å²) in [6.07, 6.45) is 3.52. The molecule has 72 valence electrons. The first-order valence-corrected chi connectivity index (χ1v) is 4.31. The molecule has 0 aliphatic rings. The van der Waals surface area contributed by atoms with E-state index in [-0.39, 0.29) is 0 Å². The number of nitrogen functional groups attached to an aromatic ring is 1. The van der Waals surface area contributed by atoms with Gasteiger partial charge in [0.15, 0.2) is 5.82 Å². The molecule has 0 aliphatic carbocycles. The second kappa shape index (κ2) is 3.45. The summed E-state index contributed by atoms with van der Waals surface area (Å²) in [5, 5.41) is 7.55. The van der Waals surface area contributed by atoms with Crippen molar-refractivity contribution < 1.29 is 0 Å². The second-order valence-electron chi connectivity index (χ2n) is 3.15. The van der Waals surface area contributed by atoms with E-state index in [0.29, 0.717) is 12.4 Å². The van der Waals surface area contributed by atoms with E-state index in [2.05, 4.69) is 15.3 Å². The van der Waals surface area contributed by atoms with E-state index in [4.69, 9.17) is 5.73 Å². The number of pyridine rings is 1. The van der Waals surface area contributed by atoms with Gasteiger partial charge in [-0.25, -0.2) is 4.68 Å². The molecule has 0 amide bonds. The quantitative estimate of drug-likeness (QED) is 0.751. The van der Waals surface area contributed by atoms with Crippen molar-refractivity contribution in [3.63, 3.8) is 0 Å². The lowest BCUT2D eigenvalue weighted by Gasteiger charge is -1.99. The molecule has 0 saturated carbocycles. The normalized spacial score (nSPS) is 10.4. The van der Waals surface area contributed by atoms with E-state index in [1.54, 1.807) is 10.9 Å². The van der Waals surface area contributed by atoms with Crippen molar-refractivity contribution >= 4 is 5.82 Å². The van der Waals surface area contributed by atoms with Crippen LogP contribution in [0, 0.1) is 6.92 Å². The molecule has 0 radical (unpaired) electrons. The molecule has 2 heterocycles. The second-order valence-corrected chi connectivity index (χ2v) is 3.15. The number of aromatic nitrogens is 4. The van der Waals surface area contributed by atoms with Gasteiger partial charge in [-0.3, -0.25) is 4.98 Å². The third-order valence-corrected chi connectivity index (χ3v) is 1.87. The molecule has 0 unspecified atom stereocenters. The van der Waals surface area contributed by atoms with Crippen molar-refractivity contribution in [2.75, 3.05) is 5.73 Å². The van der Waals surface area contributed by atoms with Crippen LogP contribution in [0.25, 0.3) is 0 Å². The van der Waals surface area contributed by atoms with Crippen LogP contribution >= 0.6 is 0 Å². The van der Waals surface area contributed by atoms with Crippen molar-refractivity contribution in [2.24, 2.45) is 0 Å². The summed E-state index contributed by atoms with van der Waals surface area (Å²) in [6.45, 7) is 2.61. The maximum absolute atomic E-state index is 5.45. The Bertz CT molecular complexity index is 417. The molecule has 14 heavy (non-hydrogen) atoms. The van der Waals surface area contributed by atoms with Crippen LogP contribution in [0.2, 0.25) is 0 Å². The molecular formula is C9H11N5. The van der Waals surface area contributed by atoms with Crippen LogP contribution in [0.5, 0.6) is 0 Å². The summed E-state index contributed by atoms with van der Waals surface area (Å²) in [5.41, 5.74) is 7.54. The highest BCUT2D eigenvalue weighted by Gasteiger charge is 1.98. The van der Waals surface area contributed by atoms with E-state index < -0.39 is 0 Å². The number of hydrogen-bond acceptors (Lipinski definition) is 4. The number of aryl methyl sites for hydroxylation is 1. The Morgan fingerprint density at radius 2 is 2.29 bits per heavy atom. The van der Waals surface area contributed by atoms with Crippen molar-refractivity contribution in [3.8, 4) is 0 Å². The molecule has 0 spiro atoms. The maximum Gasteiger partial charge on any atom is 0.165 e. The third-order valence-electron chi connectivity index (χ3n) is 1.87. The van der Waals surface area contributed by atoms with Gasteiger partial charge in [0.05, 0.1) is 12.7 Å². The Morgan fingerprint density at radius 1 is 1.43 bits per heavy atom. The highest BCUT2D eigenvalue weighted by molar-refractivity contribution is 5.21. The van der Waals surface area contributed by atoms with Crippen LogP contribution in [0.3, 0.4) is 0 Å². The lowest BCUT2D eigenvalue weighted by atomic mass is 10.2. The summed E-state index contributed by atoms with van der Waals surface area (Å²) in [4.78, 5) is 4.19. The largest absolute Gasteiger partial charge is 0.381 e. The monoisotopic (exact) mass is 189 g/mol. The Morgan fingerprint density at radius 3 is 2.86 bits per heavy atom. The number of hydrogen-bond donors (Lipinski definition) is 1. The van der Waals surface area contributed by atoms with Crippen molar-refractivity contribution in [2.45, 2.75) is 13.5 Å². The van der Waals surface area contributed by atoms with Gasteiger partial charge in [0.2, 0.25) is 0 Å². The van der Waals surface area contributed by atoms with Gasteiger partial charge in [0, 0.05) is 11.9 Å². The Hall–Kier alpha value is -1.91. The first-order valence-electron chi connectivity index (χ1n) is 4.31. The average molecular weight is 189 g/mol. The van der Waals surface area contributed by atoms with Crippen LogP contribution in [-0.2, 0) is 6.54 Å². The Kier molecular flexibility index (Phi) is 2.14. The maximum atomic E-state index is 5.45. The van der Waals surface area contributed by atoms with Gasteiger partial charge in [-0.15, -0.1) is 5.10 Å². The van der Waals surface area contributed by atoms with Crippen LogP contribution < -0.4 is 5.73 Å². The molecule has 2 N–H and O–H groups in total. The van der Waals surface area contributed by atoms with Crippen LogP contribution in [0.4, 0.5) is 5.82 Å². The molecule has 0 aromatic carbocycles. The molecule has 0 bridgehead atoms. The summed E-state index contributed by atoms with van der Waals surface area (Å²) < 4.78 is 1.68. The highest BCUT2D eigenvalue weighted by Crippen LogP contribution is 2.02. The van der Waals surface area contributed by atoms with E-state index in [1.165, 1.54) is 0 Å². The minimum absolute atomic E-state index is 0.435. The smallest absolute Gasteiger partial charge is 0.165 e. The Balaban J connectivity index is 2.15. The van der Waals surface area contributed by atoms with Crippen LogP contribution in [-0.4, -0.2) is 20.0 Å².